The van der Waals surface area contributed by atoms with Gasteiger partial charge in [-0.25, -0.2) is 0 Å². The molecular formula is C18H26BrN3O2S. The van der Waals surface area contributed by atoms with Crippen molar-refractivity contribution in [1.29, 1.82) is 0 Å². The van der Waals surface area contributed by atoms with Crippen LogP contribution in [0.3, 0.4) is 0 Å². The van der Waals surface area contributed by atoms with Crippen molar-refractivity contribution in [2.75, 3.05) is 32.7 Å². The molecule has 3 rings (SSSR count). The molecule has 0 aromatic carbocycles. The Bertz CT molecular complexity index is 593. The average Bonchev–Trinajstić information content (AvgIpc) is 3.05. The van der Waals surface area contributed by atoms with Crippen molar-refractivity contribution in [2.24, 2.45) is 5.92 Å². The number of carbonyl (C=O) groups is 2. The monoisotopic (exact) mass is 427 g/mol. The summed E-state index contributed by atoms with van der Waals surface area (Å²) in [7, 11) is 0. The van der Waals surface area contributed by atoms with Gasteiger partial charge in [0, 0.05) is 43.5 Å². The van der Waals surface area contributed by atoms with E-state index in [1.54, 1.807) is 11.3 Å². The third-order valence-corrected chi connectivity index (χ3v) is 6.73. The van der Waals surface area contributed by atoms with E-state index < -0.39 is 0 Å². The first-order valence-electron chi connectivity index (χ1n) is 9.14. The van der Waals surface area contributed by atoms with E-state index in [1.807, 2.05) is 4.90 Å². The maximum Gasteiger partial charge on any atom is 0.242 e. The Labute approximate surface area is 161 Å². The molecule has 2 heterocycles. The van der Waals surface area contributed by atoms with Crippen LogP contribution in [0.1, 0.15) is 37.0 Å². The van der Waals surface area contributed by atoms with Gasteiger partial charge in [-0.1, -0.05) is 19.3 Å². The molecule has 25 heavy (non-hydrogen) atoms. The standard InChI is InChI=1S/C18H26BrN3O2S/c19-16-7-6-15(25-16)13-21-8-10-22(11-9-21)17(23)12-20-18(24)14-4-2-1-3-5-14/h6-7,14H,1-5,8-13H2,(H,20,24). The Kier molecular flexibility index (Phi) is 6.90. The summed E-state index contributed by atoms with van der Waals surface area (Å²) in [4.78, 5) is 30.1. The van der Waals surface area contributed by atoms with Crippen LogP contribution in [-0.4, -0.2) is 54.3 Å². The molecule has 1 aliphatic carbocycles. The zero-order valence-electron chi connectivity index (χ0n) is 14.5. The lowest BCUT2D eigenvalue weighted by Gasteiger charge is -2.34. The highest BCUT2D eigenvalue weighted by Gasteiger charge is 2.24. The number of carbonyl (C=O) groups excluding carboxylic acids is 2. The number of piperazine rings is 1. The zero-order valence-corrected chi connectivity index (χ0v) is 16.9. The number of thiophene rings is 1. The van der Waals surface area contributed by atoms with Gasteiger partial charge in [0.2, 0.25) is 11.8 Å². The molecule has 2 fully saturated rings. The van der Waals surface area contributed by atoms with Gasteiger partial charge in [0.15, 0.2) is 0 Å². The van der Waals surface area contributed by atoms with Gasteiger partial charge >= 0.3 is 0 Å². The lowest BCUT2D eigenvalue weighted by Crippen LogP contribution is -2.51. The lowest BCUT2D eigenvalue weighted by molar-refractivity contribution is -0.135. The number of nitrogens with zero attached hydrogens (tertiary/aromatic N) is 2. The van der Waals surface area contributed by atoms with E-state index in [9.17, 15) is 9.59 Å². The Hall–Kier alpha value is -0.920. The van der Waals surface area contributed by atoms with Crippen molar-refractivity contribution in [2.45, 2.75) is 38.6 Å². The number of rotatable bonds is 5. The molecule has 1 saturated carbocycles. The van der Waals surface area contributed by atoms with Gasteiger partial charge in [-0.2, -0.15) is 0 Å². The quantitative estimate of drug-likeness (QED) is 0.785. The number of halogens is 1. The molecule has 2 amide bonds. The largest absolute Gasteiger partial charge is 0.347 e. The van der Waals surface area contributed by atoms with Crippen LogP contribution in [0.25, 0.3) is 0 Å². The van der Waals surface area contributed by atoms with Crippen LogP contribution in [0.2, 0.25) is 0 Å². The zero-order chi connectivity index (χ0) is 17.6. The Morgan fingerprint density at radius 2 is 1.84 bits per heavy atom. The van der Waals surface area contributed by atoms with Gasteiger partial charge < -0.3 is 10.2 Å². The summed E-state index contributed by atoms with van der Waals surface area (Å²) in [6.07, 6.45) is 5.44. The molecule has 7 heteroatoms. The van der Waals surface area contributed by atoms with E-state index in [-0.39, 0.29) is 24.3 Å². The molecule has 1 aromatic rings. The molecule has 0 spiro atoms. The van der Waals surface area contributed by atoms with Crippen LogP contribution in [0.5, 0.6) is 0 Å². The number of amides is 2. The van der Waals surface area contributed by atoms with Gasteiger partial charge in [0.1, 0.15) is 0 Å². The Balaban J connectivity index is 1.37. The third kappa shape index (κ3) is 5.53. The summed E-state index contributed by atoms with van der Waals surface area (Å²) >= 11 is 5.26. The van der Waals surface area contributed by atoms with Gasteiger partial charge in [-0.15, -0.1) is 11.3 Å². The number of nitrogens with one attached hydrogen (secondary N) is 1. The van der Waals surface area contributed by atoms with Crippen molar-refractivity contribution in [3.63, 3.8) is 0 Å². The summed E-state index contributed by atoms with van der Waals surface area (Å²) < 4.78 is 1.16. The summed E-state index contributed by atoms with van der Waals surface area (Å²) in [6, 6.07) is 4.22. The number of hydrogen-bond acceptors (Lipinski definition) is 4. The molecule has 1 saturated heterocycles. The van der Waals surface area contributed by atoms with Crippen LogP contribution in [0, 0.1) is 5.92 Å². The van der Waals surface area contributed by atoms with Crippen molar-refractivity contribution in [3.05, 3.63) is 20.8 Å². The number of hydrogen-bond donors (Lipinski definition) is 1. The van der Waals surface area contributed by atoms with Crippen molar-refractivity contribution >= 4 is 39.1 Å². The van der Waals surface area contributed by atoms with Crippen LogP contribution in [0.15, 0.2) is 15.9 Å². The highest BCUT2D eigenvalue weighted by Crippen LogP contribution is 2.24. The summed E-state index contributed by atoms with van der Waals surface area (Å²) in [5.41, 5.74) is 0. The van der Waals surface area contributed by atoms with Gasteiger partial charge in [-0.05, 0) is 40.9 Å². The molecule has 0 bridgehead atoms. The van der Waals surface area contributed by atoms with Gasteiger partial charge in [-0.3, -0.25) is 14.5 Å². The first kappa shape index (κ1) is 18.9. The van der Waals surface area contributed by atoms with Gasteiger partial charge in [0.05, 0.1) is 10.3 Å². The smallest absolute Gasteiger partial charge is 0.242 e. The Morgan fingerprint density at radius 1 is 1.12 bits per heavy atom. The maximum absolute atomic E-state index is 12.3. The van der Waals surface area contributed by atoms with E-state index in [0.29, 0.717) is 0 Å². The van der Waals surface area contributed by atoms with E-state index in [1.165, 1.54) is 11.3 Å². The van der Waals surface area contributed by atoms with Crippen LogP contribution >= 0.6 is 27.3 Å². The summed E-state index contributed by atoms with van der Waals surface area (Å²) in [5, 5.41) is 2.86. The molecule has 0 atom stereocenters. The van der Waals surface area contributed by atoms with Crippen molar-refractivity contribution in [1.82, 2.24) is 15.1 Å². The minimum Gasteiger partial charge on any atom is -0.347 e. The highest BCUT2D eigenvalue weighted by molar-refractivity contribution is 9.11. The molecule has 1 aromatic heterocycles. The molecule has 1 aliphatic heterocycles. The minimum absolute atomic E-state index is 0.0441. The predicted molar refractivity (Wildman–Crippen MR) is 103 cm³/mol. The molecule has 0 radical (unpaired) electrons. The summed E-state index contributed by atoms with van der Waals surface area (Å²) in [5.74, 6) is 0.223. The first-order valence-corrected chi connectivity index (χ1v) is 10.7. The molecular weight excluding hydrogens is 402 g/mol. The fourth-order valence-electron chi connectivity index (χ4n) is 3.60. The van der Waals surface area contributed by atoms with E-state index in [0.717, 1.165) is 62.2 Å². The maximum atomic E-state index is 12.3. The molecule has 0 unspecified atom stereocenters. The highest BCUT2D eigenvalue weighted by atomic mass is 79.9. The second kappa shape index (κ2) is 9.14. The third-order valence-electron chi connectivity index (χ3n) is 5.12. The molecule has 138 valence electrons. The molecule has 5 nitrogen and oxygen atoms in total. The van der Waals surface area contributed by atoms with Crippen LogP contribution in [0.4, 0.5) is 0 Å². The van der Waals surface area contributed by atoms with E-state index >= 15 is 0 Å². The minimum atomic E-state index is 0.0441. The second-order valence-electron chi connectivity index (χ2n) is 6.92. The second-order valence-corrected chi connectivity index (χ2v) is 9.46. The van der Waals surface area contributed by atoms with Crippen molar-refractivity contribution in [3.8, 4) is 0 Å². The SMILES string of the molecule is O=C(NCC(=O)N1CCN(Cc2ccc(Br)s2)CC1)C1CCCCC1. The van der Waals surface area contributed by atoms with E-state index in [4.69, 9.17) is 0 Å². The topological polar surface area (TPSA) is 52.7 Å². The average molecular weight is 428 g/mol. The van der Waals surface area contributed by atoms with Crippen LogP contribution < -0.4 is 5.32 Å². The fraction of sp³-hybridized carbons (Fsp3) is 0.667. The van der Waals surface area contributed by atoms with Crippen LogP contribution in [-0.2, 0) is 16.1 Å². The van der Waals surface area contributed by atoms with Crippen molar-refractivity contribution < 1.29 is 9.59 Å². The van der Waals surface area contributed by atoms with E-state index in [2.05, 4.69) is 38.3 Å². The lowest BCUT2D eigenvalue weighted by atomic mass is 9.89. The molecule has 1 N–H and O–H groups in total. The Morgan fingerprint density at radius 3 is 2.48 bits per heavy atom. The fourth-order valence-corrected chi connectivity index (χ4v) is 5.12. The first-order chi connectivity index (χ1) is 12.1. The van der Waals surface area contributed by atoms with Gasteiger partial charge in [0.25, 0.3) is 0 Å². The predicted octanol–water partition coefficient (Wildman–Crippen LogP) is 2.85. The molecule has 2 aliphatic rings. The summed E-state index contributed by atoms with van der Waals surface area (Å²) in [6.45, 7) is 4.34. The normalized spacial score (nSPS) is 19.8.